The first-order valence-electron chi connectivity index (χ1n) is 8.17. The van der Waals surface area contributed by atoms with E-state index in [2.05, 4.69) is 49.6 Å². The van der Waals surface area contributed by atoms with E-state index in [1.54, 1.807) is 6.33 Å². The lowest BCUT2D eigenvalue weighted by Gasteiger charge is -2.33. The summed E-state index contributed by atoms with van der Waals surface area (Å²) in [5.41, 5.74) is 1.000. The molecule has 1 fully saturated rings. The maximum absolute atomic E-state index is 6.19. The molecule has 1 aromatic heterocycles. The van der Waals surface area contributed by atoms with Gasteiger partial charge in [0.25, 0.3) is 0 Å². The van der Waals surface area contributed by atoms with Crippen LogP contribution in [0.15, 0.2) is 54.9 Å². The van der Waals surface area contributed by atoms with Crippen LogP contribution in [0, 0.1) is 3.57 Å². The fourth-order valence-corrected chi connectivity index (χ4v) is 3.66. The summed E-state index contributed by atoms with van der Waals surface area (Å²) in [5, 5.41) is 1.12. The minimum Gasteiger partial charge on any atom is -0.489 e. The number of ether oxygens (including phenoxy) is 1. The number of fused-ring (bicyclic) bond motifs is 1. The predicted molar refractivity (Wildman–Crippen MR) is 105 cm³/mol. The Hall–Kier alpha value is -1.89. The Kier molecular flexibility index (Phi) is 4.51. The highest BCUT2D eigenvalue weighted by molar-refractivity contribution is 14.1. The fraction of sp³-hybridized carbons (Fsp3) is 0.263. The second-order valence-corrected chi connectivity index (χ2v) is 7.11. The number of aromatic nitrogens is 2. The Bertz CT molecular complexity index is 841. The average molecular weight is 431 g/mol. The van der Waals surface area contributed by atoms with Crippen LogP contribution in [0.1, 0.15) is 12.8 Å². The smallest absolute Gasteiger partial charge is 0.139 e. The molecule has 2 heterocycles. The van der Waals surface area contributed by atoms with E-state index in [0.717, 1.165) is 48.4 Å². The first kappa shape index (κ1) is 15.6. The first-order chi connectivity index (χ1) is 11.8. The van der Waals surface area contributed by atoms with E-state index < -0.39 is 0 Å². The lowest BCUT2D eigenvalue weighted by atomic mass is 10.1. The van der Waals surface area contributed by atoms with Crippen LogP contribution in [0.4, 0.5) is 5.82 Å². The summed E-state index contributed by atoms with van der Waals surface area (Å²) in [6.45, 7) is 1.91. The van der Waals surface area contributed by atoms with Crippen molar-refractivity contribution in [2.75, 3.05) is 18.0 Å². The molecule has 0 unspecified atom stereocenters. The van der Waals surface area contributed by atoms with Crippen LogP contribution in [0.5, 0.6) is 5.75 Å². The highest BCUT2D eigenvalue weighted by Crippen LogP contribution is 2.28. The van der Waals surface area contributed by atoms with Crippen molar-refractivity contribution in [3.8, 4) is 5.75 Å². The molecule has 2 aromatic carbocycles. The molecule has 4 nitrogen and oxygen atoms in total. The van der Waals surface area contributed by atoms with Gasteiger partial charge in [0, 0.05) is 31.3 Å². The van der Waals surface area contributed by atoms with Gasteiger partial charge in [-0.25, -0.2) is 9.97 Å². The van der Waals surface area contributed by atoms with Gasteiger partial charge in [0.05, 0.1) is 9.09 Å². The van der Waals surface area contributed by atoms with Crippen molar-refractivity contribution in [2.45, 2.75) is 18.9 Å². The lowest BCUT2D eigenvalue weighted by molar-refractivity contribution is 0.169. The molecule has 0 saturated carbocycles. The first-order valence-corrected chi connectivity index (χ1v) is 9.25. The van der Waals surface area contributed by atoms with E-state index in [-0.39, 0.29) is 6.10 Å². The molecule has 0 amide bonds. The zero-order valence-electron chi connectivity index (χ0n) is 13.2. The highest BCUT2D eigenvalue weighted by atomic mass is 127. The van der Waals surface area contributed by atoms with Crippen LogP contribution >= 0.6 is 22.6 Å². The maximum atomic E-state index is 6.19. The lowest BCUT2D eigenvalue weighted by Crippen LogP contribution is -2.38. The number of halogens is 1. The third-order valence-corrected chi connectivity index (χ3v) is 5.28. The Morgan fingerprint density at radius 2 is 1.71 bits per heavy atom. The Morgan fingerprint density at radius 3 is 2.54 bits per heavy atom. The van der Waals surface area contributed by atoms with Gasteiger partial charge in [0.15, 0.2) is 0 Å². The Balaban J connectivity index is 1.47. The largest absolute Gasteiger partial charge is 0.489 e. The minimum absolute atomic E-state index is 0.269. The van der Waals surface area contributed by atoms with Crippen molar-refractivity contribution in [1.82, 2.24) is 9.97 Å². The highest BCUT2D eigenvalue weighted by Gasteiger charge is 2.23. The molecule has 5 heteroatoms. The number of anilines is 1. The molecule has 0 N–H and O–H groups in total. The Morgan fingerprint density at radius 1 is 0.958 bits per heavy atom. The van der Waals surface area contributed by atoms with E-state index >= 15 is 0 Å². The van der Waals surface area contributed by atoms with Gasteiger partial charge in [-0.1, -0.05) is 24.3 Å². The third-order valence-electron chi connectivity index (χ3n) is 4.39. The fourth-order valence-electron chi connectivity index (χ4n) is 3.15. The topological polar surface area (TPSA) is 38.2 Å². The molecular formula is C19H18IN3O. The number of benzene rings is 2. The zero-order valence-corrected chi connectivity index (χ0v) is 15.4. The molecule has 3 aromatic rings. The summed E-state index contributed by atoms with van der Waals surface area (Å²) in [5.74, 6) is 2.03. The van der Waals surface area contributed by atoms with Gasteiger partial charge in [-0.15, -0.1) is 0 Å². The minimum atomic E-state index is 0.269. The van der Waals surface area contributed by atoms with E-state index in [0.29, 0.717) is 0 Å². The van der Waals surface area contributed by atoms with Gasteiger partial charge < -0.3 is 9.64 Å². The molecule has 0 atom stereocenters. The Labute approximate surface area is 155 Å². The molecule has 4 rings (SSSR count). The van der Waals surface area contributed by atoms with E-state index in [4.69, 9.17) is 4.74 Å². The van der Waals surface area contributed by atoms with Crippen LogP contribution < -0.4 is 9.64 Å². The van der Waals surface area contributed by atoms with Crippen molar-refractivity contribution in [3.63, 3.8) is 0 Å². The summed E-state index contributed by atoms with van der Waals surface area (Å²) in [6, 6.07) is 16.4. The van der Waals surface area contributed by atoms with Gasteiger partial charge >= 0.3 is 0 Å². The van der Waals surface area contributed by atoms with Crippen LogP contribution in [-0.2, 0) is 0 Å². The van der Waals surface area contributed by atoms with Crippen molar-refractivity contribution in [3.05, 3.63) is 58.4 Å². The normalized spacial score (nSPS) is 15.6. The van der Waals surface area contributed by atoms with E-state index in [1.165, 1.54) is 3.57 Å². The standard InChI is InChI=1S/C19H18IN3O/c20-16-6-2-4-8-18(16)24-14-9-11-23(12-10-14)19-15-5-1-3-7-17(15)21-13-22-19/h1-8,13-14H,9-12H2. The number of nitrogens with zero attached hydrogens (tertiary/aromatic N) is 3. The molecule has 0 spiro atoms. The van der Waals surface area contributed by atoms with Gasteiger partial charge in [-0.05, 0) is 46.9 Å². The number of piperidine rings is 1. The van der Waals surface area contributed by atoms with Gasteiger partial charge in [-0.3, -0.25) is 0 Å². The van der Waals surface area contributed by atoms with Crippen LogP contribution in [-0.4, -0.2) is 29.2 Å². The summed E-state index contributed by atoms with van der Waals surface area (Å²) in [4.78, 5) is 11.2. The molecular weight excluding hydrogens is 413 g/mol. The molecule has 0 aliphatic carbocycles. The summed E-state index contributed by atoms with van der Waals surface area (Å²) in [6.07, 6.45) is 3.93. The summed E-state index contributed by atoms with van der Waals surface area (Å²) >= 11 is 2.33. The van der Waals surface area contributed by atoms with Crippen LogP contribution in [0.2, 0.25) is 0 Å². The monoisotopic (exact) mass is 431 g/mol. The molecule has 24 heavy (non-hydrogen) atoms. The number of rotatable bonds is 3. The molecule has 122 valence electrons. The molecule has 1 saturated heterocycles. The maximum Gasteiger partial charge on any atom is 0.139 e. The number of para-hydroxylation sites is 2. The van der Waals surface area contributed by atoms with Crippen molar-refractivity contribution >= 4 is 39.3 Å². The van der Waals surface area contributed by atoms with Crippen molar-refractivity contribution in [2.24, 2.45) is 0 Å². The molecule has 0 radical (unpaired) electrons. The summed E-state index contributed by atoms with van der Waals surface area (Å²) < 4.78 is 7.36. The number of hydrogen-bond donors (Lipinski definition) is 0. The van der Waals surface area contributed by atoms with Crippen molar-refractivity contribution < 1.29 is 4.74 Å². The third kappa shape index (κ3) is 3.17. The van der Waals surface area contributed by atoms with Gasteiger partial charge in [-0.2, -0.15) is 0 Å². The molecule has 0 bridgehead atoms. The second kappa shape index (κ2) is 6.93. The van der Waals surface area contributed by atoms with Gasteiger partial charge in [0.2, 0.25) is 0 Å². The second-order valence-electron chi connectivity index (χ2n) is 5.95. The molecule has 1 aliphatic rings. The van der Waals surface area contributed by atoms with Crippen LogP contribution in [0.3, 0.4) is 0 Å². The summed E-state index contributed by atoms with van der Waals surface area (Å²) in [7, 11) is 0. The van der Waals surface area contributed by atoms with Gasteiger partial charge in [0.1, 0.15) is 24.0 Å². The van der Waals surface area contributed by atoms with E-state index in [9.17, 15) is 0 Å². The van der Waals surface area contributed by atoms with Crippen molar-refractivity contribution in [1.29, 1.82) is 0 Å². The average Bonchev–Trinajstić information content (AvgIpc) is 2.64. The van der Waals surface area contributed by atoms with E-state index in [1.807, 2.05) is 36.4 Å². The van der Waals surface area contributed by atoms with Crippen LogP contribution in [0.25, 0.3) is 10.9 Å². The zero-order chi connectivity index (χ0) is 16.4. The quantitative estimate of drug-likeness (QED) is 0.581. The predicted octanol–water partition coefficient (Wildman–Crippen LogP) is 4.28. The molecule has 1 aliphatic heterocycles. The number of hydrogen-bond acceptors (Lipinski definition) is 4. The SMILES string of the molecule is Ic1ccccc1OC1CCN(c2ncnc3ccccc23)CC1.